The predicted molar refractivity (Wildman–Crippen MR) is 61.3 cm³/mol. The second-order valence-electron chi connectivity index (χ2n) is 3.61. The molecule has 5 heteroatoms. The average molecular weight is 241 g/mol. The SMILES string of the molecule is CNCc1cc(F)cc(OC(C)C(=O)OC)c1. The Morgan fingerprint density at radius 3 is 2.76 bits per heavy atom. The van der Waals surface area contributed by atoms with Gasteiger partial charge in [-0.15, -0.1) is 0 Å². The van der Waals surface area contributed by atoms with E-state index in [4.69, 9.17) is 4.74 Å². The van der Waals surface area contributed by atoms with E-state index in [2.05, 4.69) is 10.1 Å². The molecule has 0 aromatic heterocycles. The van der Waals surface area contributed by atoms with Crippen molar-refractivity contribution in [2.45, 2.75) is 19.6 Å². The largest absolute Gasteiger partial charge is 0.479 e. The van der Waals surface area contributed by atoms with Crippen LogP contribution in [0.5, 0.6) is 5.75 Å². The molecule has 0 spiro atoms. The molecule has 17 heavy (non-hydrogen) atoms. The highest BCUT2D eigenvalue weighted by Crippen LogP contribution is 2.18. The fraction of sp³-hybridized carbons (Fsp3) is 0.417. The number of carbonyl (C=O) groups is 1. The number of carbonyl (C=O) groups excluding carboxylic acids is 1. The Labute approximate surface area is 99.7 Å². The molecule has 0 radical (unpaired) electrons. The van der Waals surface area contributed by atoms with Crippen molar-refractivity contribution in [1.82, 2.24) is 5.32 Å². The van der Waals surface area contributed by atoms with Gasteiger partial charge < -0.3 is 14.8 Å². The number of halogens is 1. The van der Waals surface area contributed by atoms with Crippen LogP contribution in [0.4, 0.5) is 4.39 Å². The maximum atomic E-state index is 13.3. The Hall–Kier alpha value is -1.62. The van der Waals surface area contributed by atoms with E-state index in [1.165, 1.54) is 19.2 Å². The van der Waals surface area contributed by atoms with E-state index in [1.807, 2.05) is 0 Å². The van der Waals surface area contributed by atoms with Crippen molar-refractivity contribution in [3.63, 3.8) is 0 Å². The van der Waals surface area contributed by atoms with E-state index in [-0.39, 0.29) is 0 Å². The van der Waals surface area contributed by atoms with Crippen LogP contribution in [0.3, 0.4) is 0 Å². The van der Waals surface area contributed by atoms with Crippen LogP contribution in [0.2, 0.25) is 0 Å². The Morgan fingerprint density at radius 2 is 2.18 bits per heavy atom. The molecule has 1 aromatic rings. The lowest BCUT2D eigenvalue weighted by Gasteiger charge is -2.13. The van der Waals surface area contributed by atoms with Crippen LogP contribution in [0.15, 0.2) is 18.2 Å². The quantitative estimate of drug-likeness (QED) is 0.793. The number of rotatable bonds is 5. The Kier molecular flexibility index (Phi) is 4.90. The monoisotopic (exact) mass is 241 g/mol. The minimum absolute atomic E-state index is 0.313. The van der Waals surface area contributed by atoms with Gasteiger partial charge in [0.05, 0.1) is 7.11 Å². The van der Waals surface area contributed by atoms with E-state index in [1.54, 1.807) is 20.0 Å². The summed E-state index contributed by atoms with van der Waals surface area (Å²) in [6.45, 7) is 2.08. The predicted octanol–water partition coefficient (Wildman–Crippen LogP) is 1.49. The third-order valence-corrected chi connectivity index (χ3v) is 2.16. The molecular weight excluding hydrogens is 225 g/mol. The van der Waals surface area contributed by atoms with Gasteiger partial charge in [-0.2, -0.15) is 0 Å². The van der Waals surface area contributed by atoms with Crippen molar-refractivity contribution in [3.8, 4) is 5.75 Å². The minimum Gasteiger partial charge on any atom is -0.479 e. The summed E-state index contributed by atoms with van der Waals surface area (Å²) < 4.78 is 23.1. The maximum Gasteiger partial charge on any atom is 0.346 e. The fourth-order valence-corrected chi connectivity index (χ4v) is 1.41. The maximum absolute atomic E-state index is 13.3. The van der Waals surface area contributed by atoms with E-state index in [0.717, 1.165) is 5.56 Å². The average Bonchev–Trinajstić information content (AvgIpc) is 2.27. The number of methoxy groups -OCH3 is 1. The van der Waals surface area contributed by atoms with Crippen LogP contribution in [-0.4, -0.2) is 26.2 Å². The zero-order valence-electron chi connectivity index (χ0n) is 10.1. The van der Waals surface area contributed by atoms with Gasteiger partial charge in [-0.25, -0.2) is 9.18 Å². The van der Waals surface area contributed by atoms with Crippen molar-refractivity contribution in [1.29, 1.82) is 0 Å². The van der Waals surface area contributed by atoms with Crippen LogP contribution >= 0.6 is 0 Å². The first-order valence-corrected chi connectivity index (χ1v) is 5.25. The Bertz CT molecular complexity index is 395. The molecule has 1 atom stereocenters. The van der Waals surface area contributed by atoms with Gasteiger partial charge in [0, 0.05) is 12.6 Å². The van der Waals surface area contributed by atoms with E-state index < -0.39 is 17.9 Å². The summed E-state index contributed by atoms with van der Waals surface area (Å²) >= 11 is 0. The lowest BCUT2D eigenvalue weighted by atomic mass is 10.2. The molecule has 0 aliphatic heterocycles. The first-order valence-electron chi connectivity index (χ1n) is 5.25. The van der Waals surface area contributed by atoms with Crippen LogP contribution in [0.1, 0.15) is 12.5 Å². The minimum atomic E-state index is -0.760. The highest BCUT2D eigenvalue weighted by atomic mass is 19.1. The van der Waals surface area contributed by atoms with Gasteiger partial charge in [0.1, 0.15) is 11.6 Å². The summed E-state index contributed by atoms with van der Waals surface area (Å²) in [5.41, 5.74) is 0.750. The normalized spacial score (nSPS) is 12.0. The molecule has 0 amide bonds. The zero-order chi connectivity index (χ0) is 12.8. The van der Waals surface area contributed by atoms with Crippen molar-refractivity contribution in [2.24, 2.45) is 0 Å². The Balaban J connectivity index is 2.80. The lowest BCUT2D eigenvalue weighted by Crippen LogP contribution is -2.25. The highest BCUT2D eigenvalue weighted by Gasteiger charge is 2.15. The summed E-state index contributed by atoms with van der Waals surface area (Å²) in [7, 11) is 3.04. The van der Waals surface area contributed by atoms with Gasteiger partial charge in [0.25, 0.3) is 0 Å². The fourth-order valence-electron chi connectivity index (χ4n) is 1.41. The second-order valence-corrected chi connectivity index (χ2v) is 3.61. The molecule has 1 unspecified atom stereocenters. The molecule has 0 saturated carbocycles. The lowest BCUT2D eigenvalue weighted by molar-refractivity contribution is -0.147. The third kappa shape index (κ3) is 4.03. The summed E-state index contributed by atoms with van der Waals surface area (Å²) in [4.78, 5) is 11.2. The summed E-state index contributed by atoms with van der Waals surface area (Å²) in [5.74, 6) is -0.581. The van der Waals surface area contributed by atoms with Gasteiger partial charge >= 0.3 is 5.97 Å². The number of esters is 1. The molecule has 0 aliphatic carbocycles. The first-order chi connectivity index (χ1) is 8.06. The smallest absolute Gasteiger partial charge is 0.346 e. The van der Waals surface area contributed by atoms with E-state index in [0.29, 0.717) is 12.3 Å². The molecule has 1 aromatic carbocycles. The molecule has 0 saturated heterocycles. The Morgan fingerprint density at radius 1 is 1.47 bits per heavy atom. The number of benzene rings is 1. The molecule has 0 fully saturated rings. The molecule has 0 aliphatic rings. The summed E-state index contributed by atoms with van der Waals surface area (Å²) in [6.07, 6.45) is -0.760. The molecule has 1 rings (SSSR count). The van der Waals surface area contributed by atoms with Crippen LogP contribution in [0, 0.1) is 5.82 Å². The van der Waals surface area contributed by atoms with E-state index >= 15 is 0 Å². The molecule has 4 nitrogen and oxygen atoms in total. The van der Waals surface area contributed by atoms with Crippen molar-refractivity contribution >= 4 is 5.97 Å². The van der Waals surface area contributed by atoms with Crippen LogP contribution < -0.4 is 10.1 Å². The molecule has 94 valence electrons. The number of hydrogen-bond donors (Lipinski definition) is 1. The molecule has 1 N–H and O–H groups in total. The topological polar surface area (TPSA) is 47.6 Å². The number of nitrogens with one attached hydrogen (secondary N) is 1. The molecular formula is C12H16FNO3. The van der Waals surface area contributed by atoms with E-state index in [9.17, 15) is 9.18 Å². The highest BCUT2D eigenvalue weighted by molar-refractivity contribution is 5.74. The van der Waals surface area contributed by atoms with Gasteiger partial charge in [-0.3, -0.25) is 0 Å². The number of hydrogen-bond acceptors (Lipinski definition) is 4. The molecule has 0 bridgehead atoms. The van der Waals surface area contributed by atoms with Crippen molar-refractivity contribution < 1.29 is 18.7 Å². The standard InChI is InChI=1S/C12H16FNO3/c1-8(12(15)16-3)17-11-5-9(7-14-2)4-10(13)6-11/h4-6,8,14H,7H2,1-3H3. The second kappa shape index (κ2) is 6.20. The van der Waals surface area contributed by atoms with Crippen molar-refractivity contribution in [3.05, 3.63) is 29.6 Å². The van der Waals surface area contributed by atoms with Crippen LogP contribution in [0.25, 0.3) is 0 Å². The van der Waals surface area contributed by atoms with Gasteiger partial charge in [-0.1, -0.05) is 0 Å². The van der Waals surface area contributed by atoms with Crippen molar-refractivity contribution in [2.75, 3.05) is 14.2 Å². The first kappa shape index (κ1) is 13.4. The molecule has 0 heterocycles. The summed E-state index contributed by atoms with van der Waals surface area (Å²) in [6, 6.07) is 4.32. The number of ether oxygens (including phenoxy) is 2. The van der Waals surface area contributed by atoms with Gasteiger partial charge in [0.2, 0.25) is 0 Å². The van der Waals surface area contributed by atoms with Gasteiger partial charge in [0.15, 0.2) is 6.10 Å². The summed E-state index contributed by atoms with van der Waals surface area (Å²) in [5, 5.41) is 2.91. The van der Waals surface area contributed by atoms with Gasteiger partial charge in [-0.05, 0) is 31.7 Å². The third-order valence-electron chi connectivity index (χ3n) is 2.16. The van der Waals surface area contributed by atoms with Crippen LogP contribution in [-0.2, 0) is 16.1 Å². The zero-order valence-corrected chi connectivity index (χ0v) is 10.1.